The summed E-state index contributed by atoms with van der Waals surface area (Å²) >= 11 is 0. The smallest absolute Gasteiger partial charge is 0.273 e. The first-order valence-electron chi connectivity index (χ1n) is 11.0. The number of aromatic nitrogens is 3. The van der Waals surface area contributed by atoms with E-state index < -0.39 is 5.91 Å². The number of anilines is 4. The third-order valence-electron chi connectivity index (χ3n) is 5.90. The lowest BCUT2D eigenvalue weighted by molar-refractivity contribution is 0.0995. The summed E-state index contributed by atoms with van der Waals surface area (Å²) in [4.78, 5) is 18.8. The first-order valence-corrected chi connectivity index (χ1v) is 11.0. The molecule has 1 aromatic heterocycles. The number of amides is 1. The van der Waals surface area contributed by atoms with Crippen molar-refractivity contribution in [1.82, 2.24) is 20.1 Å². The van der Waals surface area contributed by atoms with E-state index in [-0.39, 0.29) is 23.6 Å². The van der Waals surface area contributed by atoms with Crippen molar-refractivity contribution < 1.29 is 14.3 Å². The van der Waals surface area contributed by atoms with Crippen molar-refractivity contribution in [3.05, 3.63) is 58.8 Å². The number of likely N-dealkylation sites (N-methyl/N-ethyl adjacent to an activating group) is 1. The Kier molecular flexibility index (Phi) is 6.90. The zero-order valence-electron chi connectivity index (χ0n) is 19.8. The Bertz CT molecular complexity index is 1200. The number of para-hydroxylation sites is 1. The standard InChI is InChI=1S/C24H29N7O3/c1-14(33-3)17-7-5-6-8-18(17)26-23-21(22(25)32)29-30-24(28-23)27-19-11-16-13-31(2)10-9-15(16)12-20(19)34-4/h5-8,11-12,14H,9-10,13H2,1-4H3,(H2,25,32)(H2,26,27,28,30). The lowest BCUT2D eigenvalue weighted by Gasteiger charge is -2.26. The predicted octanol–water partition coefficient (Wildman–Crippen LogP) is 3.16. The number of benzene rings is 2. The highest BCUT2D eigenvalue weighted by Gasteiger charge is 2.20. The van der Waals surface area contributed by atoms with Gasteiger partial charge in [0.1, 0.15) is 5.75 Å². The number of nitrogens with zero attached hydrogens (tertiary/aromatic N) is 4. The molecule has 1 atom stereocenters. The lowest BCUT2D eigenvalue weighted by Crippen LogP contribution is -2.26. The zero-order chi connectivity index (χ0) is 24.2. The molecule has 4 rings (SSSR count). The quantitative estimate of drug-likeness (QED) is 0.461. The number of primary amides is 1. The Labute approximate surface area is 198 Å². The highest BCUT2D eigenvalue weighted by atomic mass is 16.5. The van der Waals surface area contributed by atoms with Gasteiger partial charge in [0.15, 0.2) is 11.5 Å². The number of carbonyl (C=O) groups excluding carboxylic acids is 1. The molecular weight excluding hydrogens is 434 g/mol. The van der Waals surface area contributed by atoms with Crippen molar-refractivity contribution in [2.75, 3.05) is 38.4 Å². The van der Waals surface area contributed by atoms with E-state index in [9.17, 15) is 4.79 Å². The summed E-state index contributed by atoms with van der Waals surface area (Å²) in [6.07, 6.45) is 0.785. The van der Waals surface area contributed by atoms with Crippen LogP contribution in [0.1, 0.15) is 40.2 Å². The fourth-order valence-corrected chi connectivity index (χ4v) is 3.97. The van der Waals surface area contributed by atoms with Crippen LogP contribution in [-0.2, 0) is 17.7 Å². The van der Waals surface area contributed by atoms with Crippen molar-refractivity contribution in [3.8, 4) is 5.75 Å². The van der Waals surface area contributed by atoms with E-state index in [4.69, 9.17) is 15.2 Å². The van der Waals surface area contributed by atoms with E-state index >= 15 is 0 Å². The fraction of sp³-hybridized carbons (Fsp3) is 0.333. The summed E-state index contributed by atoms with van der Waals surface area (Å²) in [5, 5.41) is 14.5. The Balaban J connectivity index is 1.69. The minimum atomic E-state index is -0.735. The van der Waals surface area contributed by atoms with Crippen molar-refractivity contribution in [3.63, 3.8) is 0 Å². The van der Waals surface area contributed by atoms with Crippen LogP contribution < -0.4 is 21.1 Å². The Morgan fingerprint density at radius 3 is 2.65 bits per heavy atom. The number of rotatable bonds is 8. The molecule has 0 fully saturated rings. The van der Waals surface area contributed by atoms with Crippen LogP contribution in [0.15, 0.2) is 36.4 Å². The first-order chi connectivity index (χ1) is 16.4. The second-order valence-corrected chi connectivity index (χ2v) is 8.22. The third kappa shape index (κ3) is 4.92. The number of hydrogen-bond donors (Lipinski definition) is 3. The van der Waals surface area contributed by atoms with Gasteiger partial charge in [0, 0.05) is 31.5 Å². The van der Waals surface area contributed by atoms with Gasteiger partial charge in [-0.2, -0.15) is 4.98 Å². The van der Waals surface area contributed by atoms with E-state index in [0.717, 1.165) is 30.8 Å². The number of nitrogens with two attached hydrogens (primary N) is 1. The van der Waals surface area contributed by atoms with Crippen LogP contribution >= 0.6 is 0 Å². The minimum absolute atomic E-state index is 0.0653. The molecule has 4 N–H and O–H groups in total. The maximum absolute atomic E-state index is 12.0. The van der Waals surface area contributed by atoms with Gasteiger partial charge in [0.2, 0.25) is 5.95 Å². The number of fused-ring (bicyclic) bond motifs is 1. The molecule has 3 aromatic rings. The Morgan fingerprint density at radius 1 is 1.12 bits per heavy atom. The SMILES string of the molecule is COc1cc2c(cc1Nc1nnc(C(N)=O)c(Nc3ccccc3C(C)OC)n1)CN(C)CC2. The molecule has 1 aliphatic rings. The molecule has 0 saturated carbocycles. The molecule has 2 heterocycles. The zero-order valence-corrected chi connectivity index (χ0v) is 19.8. The van der Waals surface area contributed by atoms with Crippen LogP contribution in [0.3, 0.4) is 0 Å². The highest BCUT2D eigenvalue weighted by molar-refractivity contribution is 5.96. The van der Waals surface area contributed by atoms with Gasteiger partial charge in [-0.3, -0.25) is 4.79 Å². The summed E-state index contributed by atoms with van der Waals surface area (Å²) in [5.74, 6) is 0.338. The summed E-state index contributed by atoms with van der Waals surface area (Å²) in [7, 11) is 5.35. The second-order valence-electron chi connectivity index (χ2n) is 8.22. The Morgan fingerprint density at radius 2 is 1.91 bits per heavy atom. The molecule has 0 bridgehead atoms. The second kappa shape index (κ2) is 10.0. The van der Waals surface area contributed by atoms with Gasteiger partial charge in [-0.25, -0.2) is 0 Å². The molecule has 0 saturated heterocycles. The minimum Gasteiger partial charge on any atom is -0.495 e. The molecule has 10 nitrogen and oxygen atoms in total. The molecule has 1 unspecified atom stereocenters. The van der Waals surface area contributed by atoms with E-state index in [1.807, 2.05) is 43.3 Å². The summed E-state index contributed by atoms with van der Waals surface area (Å²) in [6.45, 7) is 3.78. The molecule has 178 valence electrons. The van der Waals surface area contributed by atoms with Crippen LogP contribution in [0.25, 0.3) is 0 Å². The van der Waals surface area contributed by atoms with Crippen LogP contribution in [0.5, 0.6) is 5.75 Å². The number of ether oxygens (including phenoxy) is 2. The number of methoxy groups -OCH3 is 2. The van der Waals surface area contributed by atoms with E-state index in [1.54, 1.807) is 14.2 Å². The van der Waals surface area contributed by atoms with Gasteiger partial charge in [0.25, 0.3) is 5.91 Å². The molecule has 10 heteroatoms. The van der Waals surface area contributed by atoms with Crippen LogP contribution in [-0.4, -0.2) is 53.8 Å². The lowest BCUT2D eigenvalue weighted by atomic mass is 9.99. The average molecular weight is 464 g/mol. The number of carbonyl (C=O) groups is 1. The highest BCUT2D eigenvalue weighted by Crippen LogP contribution is 2.33. The summed E-state index contributed by atoms with van der Waals surface area (Å²) < 4.78 is 11.1. The van der Waals surface area contributed by atoms with Crippen LogP contribution in [0.2, 0.25) is 0 Å². The van der Waals surface area contributed by atoms with Gasteiger partial charge < -0.3 is 30.7 Å². The van der Waals surface area contributed by atoms with Gasteiger partial charge >= 0.3 is 0 Å². The van der Waals surface area contributed by atoms with Gasteiger partial charge in [0.05, 0.1) is 18.9 Å². The fourth-order valence-electron chi connectivity index (χ4n) is 3.97. The normalized spacial score (nSPS) is 14.2. The maximum atomic E-state index is 12.0. The molecule has 2 aromatic carbocycles. The van der Waals surface area contributed by atoms with Gasteiger partial charge in [-0.05, 0) is 49.7 Å². The van der Waals surface area contributed by atoms with Gasteiger partial charge in [-0.15, -0.1) is 10.2 Å². The van der Waals surface area contributed by atoms with Crippen LogP contribution in [0, 0.1) is 0 Å². The predicted molar refractivity (Wildman–Crippen MR) is 130 cm³/mol. The van der Waals surface area contributed by atoms with Crippen molar-refractivity contribution >= 4 is 29.0 Å². The first kappa shape index (κ1) is 23.4. The molecule has 1 amide bonds. The molecular formula is C24H29N7O3. The molecule has 0 aliphatic carbocycles. The molecule has 34 heavy (non-hydrogen) atoms. The van der Waals surface area contributed by atoms with Gasteiger partial charge in [-0.1, -0.05) is 18.2 Å². The van der Waals surface area contributed by atoms with Crippen LogP contribution in [0.4, 0.5) is 23.1 Å². The van der Waals surface area contributed by atoms with Crippen molar-refractivity contribution in [2.24, 2.45) is 5.73 Å². The third-order valence-corrected chi connectivity index (χ3v) is 5.90. The average Bonchev–Trinajstić information content (AvgIpc) is 2.83. The number of hydrogen-bond acceptors (Lipinski definition) is 9. The van der Waals surface area contributed by atoms with Crippen molar-refractivity contribution in [1.29, 1.82) is 0 Å². The Hall–Kier alpha value is -3.76. The molecule has 1 aliphatic heterocycles. The molecule has 0 radical (unpaired) electrons. The summed E-state index contributed by atoms with van der Waals surface area (Å²) in [6, 6.07) is 11.7. The van der Waals surface area contributed by atoms with Crippen molar-refractivity contribution in [2.45, 2.75) is 26.0 Å². The summed E-state index contributed by atoms with van der Waals surface area (Å²) in [5.41, 5.74) is 10.3. The molecule has 0 spiro atoms. The van der Waals surface area contributed by atoms with E-state index in [0.29, 0.717) is 11.4 Å². The topological polar surface area (TPSA) is 128 Å². The maximum Gasteiger partial charge on any atom is 0.273 e. The largest absolute Gasteiger partial charge is 0.495 e. The van der Waals surface area contributed by atoms with E-state index in [2.05, 4.69) is 37.8 Å². The number of nitrogens with one attached hydrogen (secondary N) is 2. The monoisotopic (exact) mass is 463 g/mol. The van der Waals surface area contributed by atoms with E-state index in [1.165, 1.54) is 11.1 Å².